The summed E-state index contributed by atoms with van der Waals surface area (Å²) in [5, 5.41) is 11.2. The average Bonchev–Trinajstić information content (AvgIpc) is 2.76. The van der Waals surface area contributed by atoms with Crippen molar-refractivity contribution in [1.82, 2.24) is 9.97 Å². The molecule has 0 unspecified atom stereocenters. The van der Waals surface area contributed by atoms with Crippen LogP contribution in [0.4, 0.5) is 5.69 Å². The van der Waals surface area contributed by atoms with Crippen LogP contribution in [0.2, 0.25) is 5.02 Å². The molecule has 8 nitrogen and oxygen atoms in total. The van der Waals surface area contributed by atoms with E-state index < -0.39 is 26.7 Å². The quantitative estimate of drug-likeness (QED) is 0.389. The van der Waals surface area contributed by atoms with E-state index in [2.05, 4.69) is 15.3 Å². The van der Waals surface area contributed by atoms with Crippen molar-refractivity contribution in [2.45, 2.75) is 19.0 Å². The van der Waals surface area contributed by atoms with Crippen molar-refractivity contribution in [3.05, 3.63) is 76.5 Å². The lowest BCUT2D eigenvalue weighted by atomic mass is 10.1. The lowest BCUT2D eigenvalue weighted by molar-refractivity contribution is -0.113. The van der Waals surface area contributed by atoms with Gasteiger partial charge in [-0.25, -0.2) is 13.4 Å². The predicted molar refractivity (Wildman–Crippen MR) is 125 cm³/mol. The molecule has 0 saturated carbocycles. The van der Waals surface area contributed by atoms with E-state index in [0.29, 0.717) is 16.5 Å². The summed E-state index contributed by atoms with van der Waals surface area (Å²) in [6.07, 6.45) is 4.30. The Morgan fingerprint density at radius 1 is 1.18 bits per heavy atom. The van der Waals surface area contributed by atoms with Gasteiger partial charge in [0.25, 0.3) is 5.16 Å². The highest BCUT2D eigenvalue weighted by molar-refractivity contribution is 7.92. The number of carbonyl (C=O) groups is 1. The molecule has 0 aliphatic carbocycles. The first-order chi connectivity index (χ1) is 15.7. The van der Waals surface area contributed by atoms with E-state index in [1.807, 2.05) is 32.0 Å². The normalized spacial score (nSPS) is 11.2. The maximum atomic E-state index is 12.7. The molecule has 0 aliphatic rings. The number of anilines is 1. The molecule has 3 rings (SSSR count). The molecule has 1 heterocycles. The Balaban J connectivity index is 1.77. The van der Waals surface area contributed by atoms with Crippen molar-refractivity contribution in [2.75, 3.05) is 11.1 Å². The summed E-state index contributed by atoms with van der Waals surface area (Å²) in [5.41, 5.74) is 2.80. The van der Waals surface area contributed by atoms with Gasteiger partial charge < -0.3 is 10.1 Å². The van der Waals surface area contributed by atoms with Gasteiger partial charge >= 0.3 is 0 Å². The first-order valence-electron chi connectivity index (χ1n) is 9.64. The number of amides is 1. The maximum Gasteiger partial charge on any atom is 0.250 e. The van der Waals surface area contributed by atoms with Gasteiger partial charge in [0.1, 0.15) is 11.5 Å². The van der Waals surface area contributed by atoms with Crippen molar-refractivity contribution in [1.29, 1.82) is 5.26 Å². The number of carbonyl (C=O) groups excluding carboxylic acids is 1. The molecule has 1 N–H and O–H groups in total. The van der Waals surface area contributed by atoms with E-state index in [0.717, 1.165) is 16.7 Å². The molecule has 10 heteroatoms. The van der Waals surface area contributed by atoms with Crippen molar-refractivity contribution in [2.24, 2.45) is 0 Å². The van der Waals surface area contributed by atoms with Crippen LogP contribution in [-0.2, 0) is 14.6 Å². The van der Waals surface area contributed by atoms with Gasteiger partial charge in [0.05, 0.1) is 6.07 Å². The second-order valence-electron chi connectivity index (χ2n) is 7.04. The molecule has 0 aliphatic heterocycles. The Labute approximate surface area is 196 Å². The van der Waals surface area contributed by atoms with Crippen molar-refractivity contribution < 1.29 is 17.9 Å². The van der Waals surface area contributed by atoms with Crippen LogP contribution in [0.25, 0.3) is 6.08 Å². The zero-order valence-electron chi connectivity index (χ0n) is 17.7. The molecule has 1 aromatic heterocycles. The number of nitriles is 1. The summed E-state index contributed by atoms with van der Waals surface area (Å²) in [6.45, 7) is 3.65. The Bertz CT molecular complexity index is 1340. The number of nitrogens with one attached hydrogen (secondary N) is 1. The summed E-state index contributed by atoms with van der Waals surface area (Å²) in [6, 6.07) is 13.3. The van der Waals surface area contributed by atoms with Crippen molar-refractivity contribution in [3.8, 4) is 17.7 Å². The number of halogens is 1. The van der Waals surface area contributed by atoms with Crippen LogP contribution in [0.1, 0.15) is 16.7 Å². The van der Waals surface area contributed by atoms with Crippen LogP contribution in [0.15, 0.2) is 59.9 Å². The first-order valence-corrected chi connectivity index (χ1v) is 11.7. The van der Waals surface area contributed by atoms with Gasteiger partial charge in [-0.05, 0) is 73.0 Å². The van der Waals surface area contributed by atoms with E-state index in [9.17, 15) is 13.2 Å². The van der Waals surface area contributed by atoms with E-state index in [4.69, 9.17) is 21.6 Å². The number of aromatic nitrogens is 2. The lowest BCUT2D eigenvalue weighted by Gasteiger charge is -2.12. The van der Waals surface area contributed by atoms with Gasteiger partial charge in [0, 0.05) is 29.0 Å². The highest BCUT2D eigenvalue weighted by Crippen LogP contribution is 2.29. The maximum absolute atomic E-state index is 12.7. The number of hydrogen-bond donors (Lipinski definition) is 1. The van der Waals surface area contributed by atoms with Crippen LogP contribution in [0.5, 0.6) is 11.6 Å². The summed E-state index contributed by atoms with van der Waals surface area (Å²) in [5.74, 6) is -1.04. The molecule has 1 amide bonds. The van der Waals surface area contributed by atoms with E-state index in [1.54, 1.807) is 30.3 Å². The Morgan fingerprint density at radius 2 is 1.85 bits per heavy atom. The molecular weight excluding hydrogens is 464 g/mol. The van der Waals surface area contributed by atoms with Crippen molar-refractivity contribution >= 4 is 39.1 Å². The first kappa shape index (κ1) is 23.9. The lowest BCUT2D eigenvalue weighted by Crippen LogP contribution is -2.24. The zero-order chi connectivity index (χ0) is 24.0. The standard InChI is InChI=1S/C23H19ClN4O4S/c1-15-12-17(4-3-10-25)13-16(2)22(15)32-21-9-11-26-23(28-21)33(30,31)14-20(29)27-19-7-5-18(24)6-8-19/h3-9,11-13H,14H2,1-2H3,(H,27,29)/b4-3+. The summed E-state index contributed by atoms with van der Waals surface area (Å²) in [7, 11) is -4.12. The fourth-order valence-electron chi connectivity index (χ4n) is 2.98. The van der Waals surface area contributed by atoms with Crippen LogP contribution in [0, 0.1) is 25.2 Å². The molecule has 0 saturated heterocycles. The van der Waals surface area contributed by atoms with Crippen molar-refractivity contribution in [3.63, 3.8) is 0 Å². The molecule has 2 aromatic carbocycles. The topological polar surface area (TPSA) is 122 Å². The molecule has 0 fully saturated rings. The number of allylic oxidation sites excluding steroid dienone is 1. The van der Waals surface area contributed by atoms with Gasteiger partial charge in [-0.1, -0.05) is 11.6 Å². The van der Waals surface area contributed by atoms with E-state index in [-0.39, 0.29) is 5.88 Å². The number of ether oxygens (including phenoxy) is 1. The molecule has 0 spiro atoms. The van der Waals surface area contributed by atoms with E-state index >= 15 is 0 Å². The smallest absolute Gasteiger partial charge is 0.250 e. The minimum absolute atomic E-state index is 0.0215. The minimum atomic E-state index is -4.12. The predicted octanol–water partition coefficient (Wildman–Crippen LogP) is 4.49. The van der Waals surface area contributed by atoms with E-state index in [1.165, 1.54) is 18.3 Å². The highest BCUT2D eigenvalue weighted by Gasteiger charge is 2.23. The Kier molecular flexibility index (Phi) is 7.43. The van der Waals surface area contributed by atoms with Gasteiger partial charge in [-0.15, -0.1) is 0 Å². The van der Waals surface area contributed by atoms with Crippen LogP contribution >= 0.6 is 11.6 Å². The number of aryl methyl sites for hydroxylation is 2. The summed E-state index contributed by atoms with van der Waals surface area (Å²) >= 11 is 5.80. The highest BCUT2D eigenvalue weighted by atomic mass is 35.5. The number of sulfone groups is 1. The third-order valence-electron chi connectivity index (χ3n) is 4.37. The number of benzene rings is 2. The van der Waals surface area contributed by atoms with Crippen LogP contribution in [-0.4, -0.2) is 30.0 Å². The third kappa shape index (κ3) is 6.38. The molecule has 168 valence electrons. The monoisotopic (exact) mass is 482 g/mol. The fraction of sp³-hybridized carbons (Fsp3) is 0.130. The molecule has 0 radical (unpaired) electrons. The fourth-order valence-corrected chi connectivity index (χ4v) is 4.10. The Hall–Kier alpha value is -3.74. The van der Waals surface area contributed by atoms with Gasteiger partial charge in [0.15, 0.2) is 0 Å². The molecule has 3 aromatic rings. The SMILES string of the molecule is Cc1cc(/C=C/C#N)cc(C)c1Oc1ccnc(S(=O)(=O)CC(=O)Nc2ccc(Cl)cc2)n1. The van der Waals surface area contributed by atoms with Gasteiger partial charge in [-0.2, -0.15) is 10.2 Å². The number of nitrogens with zero attached hydrogens (tertiary/aromatic N) is 3. The molecule has 0 bridgehead atoms. The molecule has 33 heavy (non-hydrogen) atoms. The summed E-state index contributed by atoms with van der Waals surface area (Å²) in [4.78, 5) is 20.0. The van der Waals surface area contributed by atoms with Crippen LogP contribution in [0.3, 0.4) is 0 Å². The second kappa shape index (κ2) is 10.3. The van der Waals surface area contributed by atoms with Gasteiger partial charge in [0.2, 0.25) is 21.6 Å². The average molecular weight is 483 g/mol. The Morgan fingerprint density at radius 3 is 2.48 bits per heavy atom. The molecule has 0 atom stereocenters. The summed E-state index contributed by atoms with van der Waals surface area (Å²) < 4.78 is 31.2. The second-order valence-corrected chi connectivity index (χ2v) is 9.36. The third-order valence-corrected chi connectivity index (χ3v) is 6.02. The largest absolute Gasteiger partial charge is 0.438 e. The number of rotatable bonds is 7. The van der Waals surface area contributed by atoms with Crippen LogP contribution < -0.4 is 10.1 Å². The molecular formula is C23H19ClN4O4S. The minimum Gasteiger partial charge on any atom is -0.438 e. The zero-order valence-corrected chi connectivity index (χ0v) is 19.3. The number of hydrogen-bond acceptors (Lipinski definition) is 7. The van der Waals surface area contributed by atoms with Gasteiger partial charge in [-0.3, -0.25) is 4.79 Å².